The number of nitro benzene ring substituents is 1. The fraction of sp³-hybridized carbons (Fsp3) is 0.182. The Morgan fingerprint density at radius 2 is 1.67 bits per heavy atom. The summed E-state index contributed by atoms with van der Waals surface area (Å²) in [7, 11) is -2.46. The molecule has 156 valence electrons. The Morgan fingerprint density at radius 1 is 1.00 bits per heavy atom. The molecule has 0 radical (unpaired) electrons. The second-order valence-electron chi connectivity index (χ2n) is 6.84. The zero-order valence-corrected chi connectivity index (χ0v) is 17.7. The van der Waals surface area contributed by atoms with Crippen molar-refractivity contribution in [2.24, 2.45) is 0 Å². The lowest BCUT2D eigenvalue weighted by molar-refractivity contribution is -0.384. The van der Waals surface area contributed by atoms with E-state index in [1.807, 2.05) is 19.1 Å². The highest BCUT2D eigenvalue weighted by Gasteiger charge is 2.31. The Morgan fingerprint density at radius 3 is 2.27 bits per heavy atom. The van der Waals surface area contributed by atoms with Crippen LogP contribution in [-0.2, 0) is 10.0 Å². The van der Waals surface area contributed by atoms with Crippen LogP contribution in [0.15, 0.2) is 77.7 Å². The van der Waals surface area contributed by atoms with Crippen molar-refractivity contribution in [2.45, 2.75) is 24.8 Å². The summed E-state index contributed by atoms with van der Waals surface area (Å²) >= 11 is 0. The van der Waals surface area contributed by atoms with Crippen LogP contribution in [-0.4, -0.2) is 20.5 Å². The first kappa shape index (κ1) is 21.3. The number of hydrogen-bond donors (Lipinski definition) is 0. The Kier molecular flexibility index (Phi) is 6.07. The molecule has 0 amide bonds. The van der Waals surface area contributed by atoms with Crippen LogP contribution in [0, 0.1) is 17.0 Å². The number of non-ortho nitro benzene ring substituents is 1. The maximum Gasteiger partial charge on any atom is 0.269 e. The quantitative estimate of drug-likeness (QED) is 0.397. The largest absolute Gasteiger partial charge is 0.497 e. The second kappa shape index (κ2) is 8.54. The summed E-state index contributed by atoms with van der Waals surface area (Å²) in [5.41, 5.74) is 2.00. The molecule has 1 atom stereocenters. The van der Waals surface area contributed by atoms with E-state index in [-0.39, 0.29) is 10.6 Å². The molecule has 0 aliphatic heterocycles. The third kappa shape index (κ3) is 4.28. The number of ether oxygens (including phenoxy) is 1. The zero-order valence-electron chi connectivity index (χ0n) is 16.8. The van der Waals surface area contributed by atoms with E-state index < -0.39 is 21.0 Å². The lowest BCUT2D eigenvalue weighted by Crippen LogP contribution is -2.33. The molecule has 7 nitrogen and oxygen atoms in total. The number of hydrogen-bond acceptors (Lipinski definition) is 5. The van der Waals surface area contributed by atoms with Crippen LogP contribution >= 0.6 is 0 Å². The van der Waals surface area contributed by atoms with Gasteiger partial charge in [-0.25, -0.2) is 8.42 Å². The van der Waals surface area contributed by atoms with Crippen LogP contribution in [0.1, 0.15) is 24.1 Å². The van der Waals surface area contributed by atoms with Gasteiger partial charge in [0.25, 0.3) is 15.7 Å². The van der Waals surface area contributed by atoms with Gasteiger partial charge in [0.05, 0.1) is 28.7 Å². The SMILES string of the molecule is COc1cccc(C(C)N(c2cccc(C)c2)S(=O)(=O)c2ccc([N+](=O)[O-])cc2)c1. The molecular formula is C22H22N2O5S. The van der Waals surface area contributed by atoms with Crippen molar-refractivity contribution in [3.05, 3.63) is 94.0 Å². The normalized spacial score (nSPS) is 12.2. The van der Waals surface area contributed by atoms with Gasteiger partial charge in [-0.1, -0.05) is 24.3 Å². The number of methoxy groups -OCH3 is 1. The minimum Gasteiger partial charge on any atom is -0.497 e. The summed E-state index contributed by atoms with van der Waals surface area (Å²) in [6.45, 7) is 3.68. The highest BCUT2D eigenvalue weighted by atomic mass is 32.2. The molecule has 0 aromatic heterocycles. The van der Waals surface area contributed by atoms with Gasteiger partial charge in [0, 0.05) is 12.1 Å². The fourth-order valence-electron chi connectivity index (χ4n) is 3.23. The van der Waals surface area contributed by atoms with Gasteiger partial charge in [-0.3, -0.25) is 14.4 Å². The van der Waals surface area contributed by atoms with E-state index in [0.717, 1.165) is 11.1 Å². The van der Waals surface area contributed by atoms with Gasteiger partial charge in [-0.05, 0) is 61.4 Å². The summed E-state index contributed by atoms with van der Waals surface area (Å²) in [5, 5.41) is 10.9. The molecule has 3 aromatic rings. The Bertz CT molecular complexity index is 1160. The Hall–Kier alpha value is -3.39. The van der Waals surface area contributed by atoms with Crippen LogP contribution in [0.25, 0.3) is 0 Å². The minimum absolute atomic E-state index is 0.0237. The monoisotopic (exact) mass is 426 g/mol. The maximum absolute atomic E-state index is 13.6. The van der Waals surface area contributed by atoms with Crippen molar-refractivity contribution in [1.29, 1.82) is 0 Å². The number of rotatable bonds is 7. The molecule has 0 saturated carbocycles. The third-order valence-electron chi connectivity index (χ3n) is 4.79. The van der Waals surface area contributed by atoms with Gasteiger partial charge in [-0.15, -0.1) is 0 Å². The minimum atomic E-state index is -4.01. The molecule has 3 aromatic carbocycles. The third-order valence-corrected chi connectivity index (χ3v) is 6.70. The number of aryl methyl sites for hydroxylation is 1. The molecule has 0 spiro atoms. The first-order valence-corrected chi connectivity index (χ1v) is 10.7. The van der Waals surface area contributed by atoms with Crippen molar-refractivity contribution >= 4 is 21.4 Å². The van der Waals surface area contributed by atoms with E-state index in [1.54, 1.807) is 50.4 Å². The fourth-order valence-corrected chi connectivity index (χ4v) is 4.86. The number of anilines is 1. The smallest absolute Gasteiger partial charge is 0.269 e. The topological polar surface area (TPSA) is 89.8 Å². The molecule has 0 heterocycles. The summed E-state index contributed by atoms with van der Waals surface area (Å²) in [5.74, 6) is 0.622. The standard InChI is InChI=1S/C22H22N2O5S/c1-16-6-4-8-20(14-16)23(17(2)18-7-5-9-21(15-18)29-3)30(27,28)22-12-10-19(11-13-22)24(25)26/h4-15,17H,1-3H3. The molecular weight excluding hydrogens is 404 g/mol. The molecule has 3 rings (SSSR count). The lowest BCUT2D eigenvalue weighted by atomic mass is 10.1. The first-order chi connectivity index (χ1) is 14.2. The summed E-state index contributed by atoms with van der Waals surface area (Å²) in [6, 6.07) is 18.8. The van der Waals surface area contributed by atoms with Crippen molar-refractivity contribution in [1.82, 2.24) is 0 Å². The van der Waals surface area contributed by atoms with Gasteiger partial charge in [0.2, 0.25) is 0 Å². The van der Waals surface area contributed by atoms with E-state index >= 15 is 0 Å². The summed E-state index contributed by atoms with van der Waals surface area (Å²) < 4.78 is 33.9. The van der Waals surface area contributed by atoms with Gasteiger partial charge >= 0.3 is 0 Å². The van der Waals surface area contributed by atoms with E-state index in [4.69, 9.17) is 4.74 Å². The number of nitrogens with zero attached hydrogens (tertiary/aromatic N) is 2. The molecule has 0 bridgehead atoms. The molecule has 1 unspecified atom stereocenters. The average Bonchev–Trinajstić information content (AvgIpc) is 2.73. The molecule has 0 aliphatic carbocycles. The summed E-state index contributed by atoms with van der Waals surface area (Å²) in [6.07, 6.45) is 0. The zero-order chi connectivity index (χ0) is 21.9. The molecule has 0 saturated heterocycles. The van der Waals surface area contributed by atoms with E-state index in [0.29, 0.717) is 11.4 Å². The molecule has 8 heteroatoms. The molecule has 0 aliphatic rings. The van der Waals surface area contributed by atoms with Gasteiger partial charge in [0.15, 0.2) is 0 Å². The van der Waals surface area contributed by atoms with Crippen molar-refractivity contribution in [3.63, 3.8) is 0 Å². The molecule has 0 fully saturated rings. The van der Waals surface area contributed by atoms with Crippen LogP contribution in [0.3, 0.4) is 0 Å². The van der Waals surface area contributed by atoms with Crippen LogP contribution in [0.4, 0.5) is 11.4 Å². The van der Waals surface area contributed by atoms with E-state index in [1.165, 1.54) is 28.6 Å². The average molecular weight is 426 g/mol. The van der Waals surface area contributed by atoms with Crippen LogP contribution in [0.5, 0.6) is 5.75 Å². The predicted molar refractivity (Wildman–Crippen MR) is 115 cm³/mol. The summed E-state index contributed by atoms with van der Waals surface area (Å²) in [4.78, 5) is 10.4. The molecule has 30 heavy (non-hydrogen) atoms. The maximum atomic E-state index is 13.6. The Labute approximate surface area is 175 Å². The second-order valence-corrected chi connectivity index (χ2v) is 8.66. The van der Waals surface area contributed by atoms with Crippen LogP contribution < -0.4 is 9.04 Å². The highest BCUT2D eigenvalue weighted by Crippen LogP contribution is 2.35. The van der Waals surface area contributed by atoms with Crippen molar-refractivity contribution in [2.75, 3.05) is 11.4 Å². The van der Waals surface area contributed by atoms with E-state index in [9.17, 15) is 18.5 Å². The van der Waals surface area contributed by atoms with Crippen LogP contribution in [0.2, 0.25) is 0 Å². The van der Waals surface area contributed by atoms with Crippen molar-refractivity contribution < 1.29 is 18.1 Å². The predicted octanol–water partition coefficient (Wildman–Crippen LogP) is 4.87. The van der Waals surface area contributed by atoms with Gasteiger partial charge in [0.1, 0.15) is 5.75 Å². The first-order valence-electron chi connectivity index (χ1n) is 9.23. The number of benzene rings is 3. The van der Waals surface area contributed by atoms with Crippen molar-refractivity contribution in [3.8, 4) is 5.75 Å². The van der Waals surface area contributed by atoms with Gasteiger partial charge < -0.3 is 4.74 Å². The number of nitro groups is 1. The Balaban J connectivity index is 2.14. The highest BCUT2D eigenvalue weighted by molar-refractivity contribution is 7.92. The van der Waals surface area contributed by atoms with E-state index in [2.05, 4.69) is 0 Å². The van der Waals surface area contributed by atoms with Gasteiger partial charge in [-0.2, -0.15) is 0 Å². The lowest BCUT2D eigenvalue weighted by Gasteiger charge is -2.31. The number of sulfonamides is 1. The molecule has 0 N–H and O–H groups in total.